The molecule has 39 heavy (non-hydrogen) atoms. The van der Waals surface area contributed by atoms with Crippen molar-refractivity contribution >= 4 is 28.5 Å². The van der Waals surface area contributed by atoms with Gasteiger partial charge in [0.15, 0.2) is 5.65 Å². The number of carbonyl (C=O) groups excluding carboxylic acids is 2. The second kappa shape index (κ2) is 9.45. The van der Waals surface area contributed by atoms with Gasteiger partial charge >= 0.3 is 0 Å². The SMILES string of the molecule is Cc1cc(C(=O)Nc2ccc(-n3ncc4c(=O)n(CC5(O)CCN(C(=O)C6CC6)CC5)cnc43)cc2)n(C)n1. The first kappa shape index (κ1) is 25.0. The third-order valence-electron chi connectivity index (χ3n) is 7.56. The maximum atomic E-state index is 13.2. The molecule has 4 aromatic rings. The Morgan fingerprint density at radius 1 is 1.15 bits per heavy atom. The highest BCUT2D eigenvalue weighted by atomic mass is 16.3. The molecule has 12 heteroatoms. The molecule has 2 aliphatic rings. The van der Waals surface area contributed by atoms with Crippen LogP contribution in [0.3, 0.4) is 0 Å². The van der Waals surface area contributed by atoms with E-state index >= 15 is 0 Å². The smallest absolute Gasteiger partial charge is 0.273 e. The molecule has 1 aromatic carbocycles. The Morgan fingerprint density at radius 2 is 1.87 bits per heavy atom. The molecule has 6 rings (SSSR count). The normalized spacial score (nSPS) is 16.9. The van der Waals surface area contributed by atoms with Gasteiger partial charge in [-0.25, -0.2) is 9.67 Å². The first-order valence-electron chi connectivity index (χ1n) is 13.1. The summed E-state index contributed by atoms with van der Waals surface area (Å²) in [5.41, 5.74) is 1.53. The van der Waals surface area contributed by atoms with Gasteiger partial charge in [0.2, 0.25) is 5.91 Å². The van der Waals surface area contributed by atoms with Crippen molar-refractivity contribution in [3.8, 4) is 5.69 Å². The molecular weight excluding hydrogens is 500 g/mol. The lowest BCUT2D eigenvalue weighted by Gasteiger charge is -2.38. The number of hydrogen-bond acceptors (Lipinski definition) is 7. The topological polar surface area (TPSA) is 140 Å². The fraction of sp³-hybridized carbons (Fsp3) is 0.407. The molecule has 0 spiro atoms. The lowest BCUT2D eigenvalue weighted by Crippen LogP contribution is -2.50. The van der Waals surface area contributed by atoms with Gasteiger partial charge < -0.3 is 15.3 Å². The zero-order chi connectivity index (χ0) is 27.3. The fourth-order valence-electron chi connectivity index (χ4n) is 5.16. The predicted octanol–water partition coefficient (Wildman–Crippen LogP) is 1.64. The van der Waals surface area contributed by atoms with Crippen LogP contribution in [0.5, 0.6) is 0 Å². The molecule has 0 unspecified atom stereocenters. The minimum atomic E-state index is -1.08. The Labute approximate surface area is 223 Å². The number of anilines is 1. The van der Waals surface area contributed by atoms with Crippen LogP contribution in [0.4, 0.5) is 5.69 Å². The van der Waals surface area contributed by atoms with E-state index in [2.05, 4.69) is 20.5 Å². The maximum Gasteiger partial charge on any atom is 0.273 e. The molecule has 1 aliphatic carbocycles. The van der Waals surface area contributed by atoms with Crippen LogP contribution in [0.15, 0.2) is 47.7 Å². The molecule has 0 atom stereocenters. The molecule has 12 nitrogen and oxygen atoms in total. The van der Waals surface area contributed by atoms with Gasteiger partial charge in [-0.2, -0.15) is 10.2 Å². The fourth-order valence-corrected chi connectivity index (χ4v) is 5.16. The molecule has 4 heterocycles. The van der Waals surface area contributed by atoms with E-state index in [-0.39, 0.29) is 29.8 Å². The third-order valence-corrected chi connectivity index (χ3v) is 7.56. The molecule has 0 bridgehead atoms. The minimum Gasteiger partial charge on any atom is -0.388 e. The Morgan fingerprint density at radius 3 is 2.51 bits per heavy atom. The van der Waals surface area contributed by atoms with E-state index < -0.39 is 5.60 Å². The van der Waals surface area contributed by atoms with E-state index in [0.717, 1.165) is 18.5 Å². The minimum absolute atomic E-state index is 0.107. The molecule has 1 saturated carbocycles. The van der Waals surface area contributed by atoms with E-state index in [1.807, 2.05) is 11.8 Å². The van der Waals surface area contributed by atoms with Gasteiger partial charge in [0.1, 0.15) is 17.4 Å². The Kier molecular flexibility index (Phi) is 6.06. The van der Waals surface area contributed by atoms with E-state index in [0.29, 0.717) is 54.0 Å². The van der Waals surface area contributed by atoms with Crippen LogP contribution in [-0.2, 0) is 18.4 Å². The maximum absolute atomic E-state index is 13.2. The largest absolute Gasteiger partial charge is 0.388 e. The highest BCUT2D eigenvalue weighted by molar-refractivity contribution is 6.03. The van der Waals surface area contributed by atoms with Crippen molar-refractivity contribution in [1.82, 2.24) is 34.0 Å². The van der Waals surface area contributed by atoms with Crippen molar-refractivity contribution in [2.45, 2.75) is 44.8 Å². The molecule has 3 aromatic heterocycles. The summed E-state index contributed by atoms with van der Waals surface area (Å²) in [4.78, 5) is 44.5. The van der Waals surface area contributed by atoms with Crippen molar-refractivity contribution in [1.29, 1.82) is 0 Å². The Balaban J connectivity index is 1.16. The second-order valence-electron chi connectivity index (χ2n) is 10.6. The summed E-state index contributed by atoms with van der Waals surface area (Å²) in [5.74, 6) is 0.0796. The van der Waals surface area contributed by atoms with Gasteiger partial charge in [-0.05, 0) is 62.9 Å². The lowest BCUT2D eigenvalue weighted by molar-refractivity contribution is -0.137. The van der Waals surface area contributed by atoms with Crippen molar-refractivity contribution < 1.29 is 14.7 Å². The third kappa shape index (κ3) is 4.83. The Hall–Kier alpha value is -4.32. The number of aromatic nitrogens is 6. The standard InChI is InChI=1S/C27H30N8O4/c1-17-13-22(32(2)31-17)24(36)30-19-5-7-20(8-6-19)35-23-21(14-29-35)26(38)34(16-28-23)15-27(39)9-11-33(12-10-27)25(37)18-3-4-18/h5-8,13-14,16,18,39H,3-4,9-12,15H2,1-2H3,(H,30,36). The first-order valence-corrected chi connectivity index (χ1v) is 13.1. The number of likely N-dealkylation sites (tertiary alicyclic amines) is 1. The predicted molar refractivity (Wildman–Crippen MR) is 143 cm³/mol. The van der Waals surface area contributed by atoms with Gasteiger partial charge in [-0.1, -0.05) is 0 Å². The number of nitrogens with one attached hydrogen (secondary N) is 1. The molecule has 2 N–H and O–H groups in total. The van der Waals surface area contributed by atoms with Crippen LogP contribution < -0.4 is 10.9 Å². The van der Waals surface area contributed by atoms with Crippen LogP contribution in [-0.4, -0.2) is 69.6 Å². The number of hydrogen-bond donors (Lipinski definition) is 2. The van der Waals surface area contributed by atoms with E-state index in [9.17, 15) is 19.5 Å². The summed E-state index contributed by atoms with van der Waals surface area (Å²) in [6.07, 6.45) is 5.66. The molecule has 0 radical (unpaired) electrons. The van der Waals surface area contributed by atoms with Crippen molar-refractivity contribution in [3.63, 3.8) is 0 Å². The average Bonchev–Trinajstić information content (AvgIpc) is 3.59. The molecular formula is C27H30N8O4. The zero-order valence-corrected chi connectivity index (χ0v) is 21.9. The molecule has 2 amide bonds. The molecule has 1 aliphatic heterocycles. The van der Waals surface area contributed by atoms with Crippen LogP contribution in [0.2, 0.25) is 0 Å². The number of aliphatic hydroxyl groups is 1. The number of carbonyl (C=O) groups is 2. The second-order valence-corrected chi connectivity index (χ2v) is 10.6. The summed E-state index contributed by atoms with van der Waals surface area (Å²) < 4.78 is 4.52. The van der Waals surface area contributed by atoms with Crippen molar-refractivity contribution in [3.05, 3.63) is 64.6 Å². The summed E-state index contributed by atoms with van der Waals surface area (Å²) in [6, 6.07) is 8.78. The van der Waals surface area contributed by atoms with Crippen LogP contribution >= 0.6 is 0 Å². The monoisotopic (exact) mass is 530 g/mol. The lowest BCUT2D eigenvalue weighted by atomic mass is 9.91. The molecule has 202 valence electrons. The summed E-state index contributed by atoms with van der Waals surface area (Å²) in [6.45, 7) is 2.92. The number of piperidine rings is 1. The molecule has 1 saturated heterocycles. The van der Waals surface area contributed by atoms with Gasteiger partial charge in [-0.15, -0.1) is 0 Å². The number of rotatable bonds is 6. The Bertz CT molecular complexity index is 1620. The van der Waals surface area contributed by atoms with Crippen LogP contribution in [0.25, 0.3) is 16.7 Å². The van der Waals surface area contributed by atoms with E-state index in [1.54, 1.807) is 42.1 Å². The van der Waals surface area contributed by atoms with E-state index in [1.165, 1.54) is 21.8 Å². The first-order chi connectivity index (χ1) is 18.7. The number of nitrogens with zero attached hydrogens (tertiary/aromatic N) is 7. The van der Waals surface area contributed by atoms with Crippen LogP contribution in [0.1, 0.15) is 41.9 Å². The van der Waals surface area contributed by atoms with Crippen LogP contribution in [0, 0.1) is 12.8 Å². The van der Waals surface area contributed by atoms with Crippen molar-refractivity contribution in [2.75, 3.05) is 18.4 Å². The number of benzene rings is 1. The quantitative estimate of drug-likeness (QED) is 0.386. The highest BCUT2D eigenvalue weighted by Gasteiger charge is 2.39. The number of fused-ring (bicyclic) bond motifs is 1. The molecule has 2 fully saturated rings. The van der Waals surface area contributed by atoms with Crippen molar-refractivity contribution in [2.24, 2.45) is 13.0 Å². The van der Waals surface area contributed by atoms with Gasteiger partial charge in [0.05, 0.1) is 29.7 Å². The van der Waals surface area contributed by atoms with Gasteiger partial charge in [-0.3, -0.25) is 23.6 Å². The highest BCUT2D eigenvalue weighted by Crippen LogP contribution is 2.33. The van der Waals surface area contributed by atoms with Gasteiger partial charge in [0.25, 0.3) is 11.5 Å². The zero-order valence-electron chi connectivity index (χ0n) is 21.9. The summed E-state index contributed by atoms with van der Waals surface area (Å²) in [7, 11) is 1.72. The number of aryl methyl sites for hydroxylation is 2. The number of amides is 2. The average molecular weight is 531 g/mol. The summed E-state index contributed by atoms with van der Waals surface area (Å²) in [5, 5.41) is 22.9. The van der Waals surface area contributed by atoms with Gasteiger partial charge in [0, 0.05) is 31.7 Å². The summed E-state index contributed by atoms with van der Waals surface area (Å²) >= 11 is 0. The van der Waals surface area contributed by atoms with E-state index in [4.69, 9.17) is 0 Å².